The first-order chi connectivity index (χ1) is 10.1. The van der Waals surface area contributed by atoms with E-state index in [9.17, 15) is 4.79 Å². The Bertz CT molecular complexity index is 563. The van der Waals surface area contributed by atoms with Gasteiger partial charge in [-0.2, -0.15) is 0 Å². The minimum Gasteiger partial charge on any atom is -0.493 e. The number of carbonyl (C=O) groups excluding carboxylic acids is 1. The summed E-state index contributed by atoms with van der Waals surface area (Å²) < 4.78 is 10.7. The Morgan fingerprint density at radius 2 is 1.76 bits per heavy atom. The molecule has 1 aromatic rings. The second-order valence-electron chi connectivity index (χ2n) is 5.93. The molecule has 21 heavy (non-hydrogen) atoms. The van der Waals surface area contributed by atoms with Crippen molar-refractivity contribution < 1.29 is 14.3 Å². The zero-order valence-electron chi connectivity index (χ0n) is 12.9. The van der Waals surface area contributed by atoms with Crippen LogP contribution < -0.4 is 14.8 Å². The first-order valence-electron chi connectivity index (χ1n) is 7.33. The van der Waals surface area contributed by atoms with Gasteiger partial charge in [-0.25, -0.2) is 0 Å². The highest BCUT2D eigenvalue weighted by Gasteiger charge is 2.44. The van der Waals surface area contributed by atoms with Gasteiger partial charge in [-0.15, -0.1) is 0 Å². The number of benzene rings is 1. The Morgan fingerprint density at radius 1 is 1.14 bits per heavy atom. The molecule has 0 atom stereocenters. The monoisotopic (exact) mass is 290 g/mol. The topological polar surface area (TPSA) is 50.8 Å². The first kappa shape index (κ1) is 14.4. The molecule has 0 radical (unpaired) electrons. The van der Waals surface area contributed by atoms with Crippen LogP contribution in [0, 0.1) is 0 Å². The fourth-order valence-electron chi connectivity index (χ4n) is 3.29. The molecule has 1 spiro atoms. The van der Waals surface area contributed by atoms with Crippen molar-refractivity contribution in [2.45, 2.75) is 24.9 Å². The number of ketones is 1. The van der Waals surface area contributed by atoms with Crippen LogP contribution in [0.25, 0.3) is 0 Å². The second kappa shape index (κ2) is 5.31. The Morgan fingerprint density at radius 3 is 2.38 bits per heavy atom. The minimum atomic E-state index is -0.404. The summed E-state index contributed by atoms with van der Waals surface area (Å²) in [6.07, 6.45) is 1.71. The fourth-order valence-corrected chi connectivity index (χ4v) is 3.29. The molecule has 1 N–H and O–H groups in total. The van der Waals surface area contributed by atoms with Gasteiger partial charge in [0.2, 0.25) is 0 Å². The molecule has 2 aliphatic heterocycles. The van der Waals surface area contributed by atoms with E-state index in [1.165, 1.54) is 0 Å². The Balaban J connectivity index is 1.98. The van der Waals surface area contributed by atoms with Gasteiger partial charge in [-0.1, -0.05) is 0 Å². The van der Waals surface area contributed by atoms with Crippen molar-refractivity contribution in [1.82, 2.24) is 10.2 Å². The molecule has 1 aromatic carbocycles. The lowest BCUT2D eigenvalue weighted by Crippen LogP contribution is -2.59. The summed E-state index contributed by atoms with van der Waals surface area (Å²) in [7, 11) is 5.31. The number of likely N-dealkylation sites (tertiary alicyclic amines) is 1. The third-order valence-electron chi connectivity index (χ3n) is 4.75. The number of fused-ring (bicyclic) bond motifs is 1. The van der Waals surface area contributed by atoms with Crippen molar-refractivity contribution in [3.8, 4) is 11.5 Å². The van der Waals surface area contributed by atoms with Gasteiger partial charge in [-0.3, -0.25) is 4.79 Å². The lowest BCUT2D eigenvalue weighted by atomic mass is 9.77. The summed E-state index contributed by atoms with van der Waals surface area (Å²) in [4.78, 5) is 15.3. The number of methoxy groups -OCH3 is 2. The van der Waals surface area contributed by atoms with Crippen molar-refractivity contribution in [2.75, 3.05) is 34.4 Å². The quantitative estimate of drug-likeness (QED) is 0.893. The standard InChI is InChI=1S/C16H22N2O3/c1-18-6-4-16(5-7-18)15(19)12-9-14(21-3)13(20-2)8-11(12)10-17-16/h8-9,17H,4-7,10H2,1-3H3. The van der Waals surface area contributed by atoms with E-state index >= 15 is 0 Å². The number of Topliss-reactive ketones (excluding diaryl/α,β-unsaturated/α-hetero) is 1. The molecule has 0 aromatic heterocycles. The molecular weight excluding hydrogens is 268 g/mol. The molecule has 0 aliphatic carbocycles. The molecule has 3 rings (SSSR count). The number of rotatable bonds is 2. The number of hydrogen-bond acceptors (Lipinski definition) is 5. The third kappa shape index (κ3) is 2.30. The van der Waals surface area contributed by atoms with Gasteiger partial charge in [0, 0.05) is 25.2 Å². The highest BCUT2D eigenvalue weighted by atomic mass is 16.5. The number of hydrogen-bond donors (Lipinski definition) is 1. The summed E-state index contributed by atoms with van der Waals surface area (Å²) in [6, 6.07) is 3.73. The summed E-state index contributed by atoms with van der Waals surface area (Å²) in [6.45, 7) is 2.59. The molecule has 5 nitrogen and oxygen atoms in total. The number of piperidine rings is 1. The van der Waals surface area contributed by atoms with E-state index in [2.05, 4.69) is 17.3 Å². The van der Waals surface area contributed by atoms with Crippen molar-refractivity contribution in [3.05, 3.63) is 23.3 Å². The average Bonchev–Trinajstić information content (AvgIpc) is 2.52. The zero-order chi connectivity index (χ0) is 15.0. The first-order valence-corrected chi connectivity index (χ1v) is 7.33. The van der Waals surface area contributed by atoms with Crippen LogP contribution in [-0.4, -0.2) is 50.6 Å². The maximum absolute atomic E-state index is 13.0. The Labute approximate surface area is 125 Å². The van der Waals surface area contributed by atoms with E-state index in [1.54, 1.807) is 14.2 Å². The highest BCUT2D eigenvalue weighted by molar-refractivity contribution is 6.06. The lowest BCUT2D eigenvalue weighted by Gasteiger charge is -2.43. The van der Waals surface area contributed by atoms with E-state index < -0.39 is 5.54 Å². The maximum atomic E-state index is 13.0. The molecule has 0 bridgehead atoms. The van der Waals surface area contributed by atoms with Crippen LogP contribution in [0.2, 0.25) is 0 Å². The SMILES string of the molecule is COc1cc2c(cc1OC)C(=O)C1(CCN(C)CC1)NC2. The summed E-state index contributed by atoms with van der Waals surface area (Å²) in [5, 5.41) is 3.48. The minimum absolute atomic E-state index is 0.192. The van der Waals surface area contributed by atoms with E-state index in [-0.39, 0.29) is 5.78 Å². The van der Waals surface area contributed by atoms with Crippen LogP contribution in [0.3, 0.4) is 0 Å². The molecule has 0 saturated carbocycles. The normalized spacial score (nSPS) is 21.2. The van der Waals surface area contributed by atoms with Crippen LogP contribution in [0.15, 0.2) is 12.1 Å². The molecule has 1 fully saturated rings. The molecule has 0 amide bonds. The van der Waals surface area contributed by atoms with E-state index in [1.807, 2.05) is 12.1 Å². The van der Waals surface area contributed by atoms with Gasteiger partial charge in [0.1, 0.15) is 0 Å². The molecular formula is C16H22N2O3. The zero-order valence-corrected chi connectivity index (χ0v) is 12.9. The van der Waals surface area contributed by atoms with Crippen LogP contribution in [-0.2, 0) is 6.54 Å². The predicted octanol–water partition coefficient (Wildman–Crippen LogP) is 1.45. The van der Waals surface area contributed by atoms with Crippen molar-refractivity contribution in [3.63, 3.8) is 0 Å². The second-order valence-corrected chi connectivity index (χ2v) is 5.93. The third-order valence-corrected chi connectivity index (χ3v) is 4.75. The maximum Gasteiger partial charge on any atom is 0.183 e. The van der Waals surface area contributed by atoms with E-state index in [4.69, 9.17) is 9.47 Å². The van der Waals surface area contributed by atoms with Gasteiger partial charge in [0.25, 0.3) is 0 Å². The van der Waals surface area contributed by atoms with Crippen molar-refractivity contribution >= 4 is 5.78 Å². The van der Waals surface area contributed by atoms with Gasteiger partial charge in [0.05, 0.1) is 19.8 Å². The van der Waals surface area contributed by atoms with Crippen LogP contribution >= 0.6 is 0 Å². The predicted molar refractivity (Wildman–Crippen MR) is 80.2 cm³/mol. The van der Waals surface area contributed by atoms with E-state index in [0.717, 1.165) is 37.1 Å². The number of nitrogens with one attached hydrogen (secondary N) is 1. The fraction of sp³-hybridized carbons (Fsp3) is 0.562. The van der Waals surface area contributed by atoms with E-state index in [0.29, 0.717) is 18.0 Å². The molecule has 0 unspecified atom stereocenters. The average molecular weight is 290 g/mol. The molecule has 114 valence electrons. The number of nitrogens with zero attached hydrogens (tertiary/aromatic N) is 1. The molecule has 1 saturated heterocycles. The van der Waals surface area contributed by atoms with Gasteiger partial charge in [0.15, 0.2) is 17.3 Å². The number of carbonyl (C=O) groups is 1. The van der Waals surface area contributed by atoms with Crippen LogP contribution in [0.1, 0.15) is 28.8 Å². The number of ether oxygens (including phenoxy) is 2. The summed E-state index contributed by atoms with van der Waals surface area (Å²) >= 11 is 0. The Kier molecular flexibility index (Phi) is 3.63. The van der Waals surface area contributed by atoms with Crippen molar-refractivity contribution in [1.29, 1.82) is 0 Å². The molecule has 5 heteroatoms. The largest absolute Gasteiger partial charge is 0.493 e. The van der Waals surface area contributed by atoms with Crippen LogP contribution in [0.5, 0.6) is 11.5 Å². The van der Waals surface area contributed by atoms with Crippen LogP contribution in [0.4, 0.5) is 0 Å². The lowest BCUT2D eigenvalue weighted by molar-refractivity contribution is 0.0710. The van der Waals surface area contributed by atoms with Gasteiger partial charge >= 0.3 is 0 Å². The Hall–Kier alpha value is -1.59. The summed E-state index contributed by atoms with van der Waals surface area (Å²) in [5.74, 6) is 1.48. The van der Waals surface area contributed by atoms with Gasteiger partial charge in [-0.05, 0) is 37.6 Å². The molecule has 2 aliphatic rings. The highest BCUT2D eigenvalue weighted by Crippen LogP contribution is 2.37. The van der Waals surface area contributed by atoms with Crippen molar-refractivity contribution in [2.24, 2.45) is 0 Å². The molecule has 2 heterocycles. The summed E-state index contributed by atoms with van der Waals surface area (Å²) in [5.41, 5.74) is 1.36. The smallest absolute Gasteiger partial charge is 0.183 e. The van der Waals surface area contributed by atoms with Gasteiger partial charge < -0.3 is 19.7 Å².